The number of halogens is 6. The van der Waals surface area contributed by atoms with Crippen molar-refractivity contribution in [1.29, 1.82) is 0 Å². The molecule has 1 rings (SSSR count). The minimum atomic E-state index is -5.77. The normalized spacial score (nSPS) is 12.2. The largest absolute Gasteiger partial charge is 0.458 e. The molecule has 0 radical (unpaired) electrons. The summed E-state index contributed by atoms with van der Waals surface area (Å²) in [7, 11) is 0. The summed E-state index contributed by atoms with van der Waals surface area (Å²) >= 11 is 1.51. The van der Waals surface area contributed by atoms with Gasteiger partial charge in [-0.2, -0.15) is 26.3 Å². The minimum absolute atomic E-state index is 0.229. The number of thiophene rings is 1. The summed E-state index contributed by atoms with van der Waals surface area (Å²) in [6.07, 6.45) is -11.5. The van der Waals surface area contributed by atoms with Gasteiger partial charge >= 0.3 is 23.9 Å². The fourth-order valence-corrected chi connectivity index (χ4v) is 1.91. The monoisotopic (exact) mass is 362 g/mol. The molecule has 0 bridgehead atoms. The summed E-state index contributed by atoms with van der Waals surface area (Å²) in [5, 5.41) is 1.93. The highest BCUT2D eigenvalue weighted by Crippen LogP contribution is 2.24. The van der Waals surface area contributed by atoms with Gasteiger partial charge in [-0.25, -0.2) is 0 Å². The second kappa shape index (κ2) is 7.24. The molecule has 3 nitrogen and oxygen atoms in total. The quantitative estimate of drug-likeness (QED) is 0.450. The van der Waals surface area contributed by atoms with Crippen molar-refractivity contribution in [2.45, 2.75) is 33.1 Å². The van der Waals surface area contributed by atoms with Gasteiger partial charge in [-0.05, 0) is 11.4 Å². The highest BCUT2D eigenvalue weighted by atomic mass is 32.1. The predicted octanol–water partition coefficient (Wildman–Crippen LogP) is 4.23. The van der Waals surface area contributed by atoms with Gasteiger partial charge in [0.1, 0.15) is 0 Å². The number of Topliss-reactive ketones (excluding diaryl/α,β-unsaturated/α-hetero) is 3. The SMILES string of the molecule is CC(C)(C)C(=O)c1cccs1.O=C(C(=O)C(F)(F)F)C(F)(F)F. The van der Waals surface area contributed by atoms with Gasteiger partial charge in [0.05, 0.1) is 4.88 Å². The summed E-state index contributed by atoms with van der Waals surface area (Å²) in [6, 6.07) is 3.78. The van der Waals surface area contributed by atoms with E-state index in [-0.39, 0.29) is 11.2 Å². The second-order valence-corrected chi connectivity index (χ2v) is 6.16. The van der Waals surface area contributed by atoms with Crippen LogP contribution in [0, 0.1) is 5.41 Å². The number of hydrogen-bond donors (Lipinski definition) is 0. The van der Waals surface area contributed by atoms with E-state index < -0.39 is 23.9 Å². The van der Waals surface area contributed by atoms with Gasteiger partial charge < -0.3 is 0 Å². The predicted molar refractivity (Wildman–Crippen MR) is 70.2 cm³/mol. The van der Waals surface area contributed by atoms with Crippen molar-refractivity contribution in [3.63, 3.8) is 0 Å². The Hall–Kier alpha value is -1.71. The van der Waals surface area contributed by atoms with E-state index in [2.05, 4.69) is 0 Å². The average molecular weight is 362 g/mol. The Kier molecular flexibility index (Phi) is 6.70. The van der Waals surface area contributed by atoms with Crippen LogP contribution in [0.3, 0.4) is 0 Å². The maximum Gasteiger partial charge on any atom is 0.458 e. The average Bonchev–Trinajstić information content (AvgIpc) is 2.87. The Morgan fingerprint density at radius 1 is 0.870 bits per heavy atom. The van der Waals surface area contributed by atoms with Crippen LogP contribution in [0.2, 0.25) is 0 Å². The highest BCUT2D eigenvalue weighted by Gasteiger charge is 2.54. The lowest BCUT2D eigenvalue weighted by atomic mass is 9.90. The van der Waals surface area contributed by atoms with Crippen LogP contribution >= 0.6 is 11.3 Å². The van der Waals surface area contributed by atoms with Crippen LogP contribution < -0.4 is 0 Å². The van der Waals surface area contributed by atoms with E-state index in [1.807, 2.05) is 38.3 Å². The number of ketones is 3. The van der Waals surface area contributed by atoms with E-state index >= 15 is 0 Å². The molecule has 1 aromatic rings. The molecule has 0 aromatic carbocycles. The first-order valence-corrected chi connectivity index (χ1v) is 6.77. The third-order valence-electron chi connectivity index (χ3n) is 2.15. The molecule has 0 saturated heterocycles. The Labute approximate surface area is 131 Å². The standard InChI is InChI=1S/C9H12OS.C4F6O2/c1-9(2,3)8(10)7-5-4-6-11-7;5-3(6,7)1(11)2(12)4(8,9)10/h4-6H,1-3H3;. The summed E-state index contributed by atoms with van der Waals surface area (Å²) in [5.74, 6) is -6.59. The van der Waals surface area contributed by atoms with Gasteiger partial charge in [-0.3, -0.25) is 14.4 Å². The van der Waals surface area contributed by atoms with Crippen LogP contribution in [0.5, 0.6) is 0 Å². The Morgan fingerprint density at radius 2 is 1.26 bits per heavy atom. The van der Waals surface area contributed by atoms with E-state index in [4.69, 9.17) is 0 Å². The van der Waals surface area contributed by atoms with Gasteiger partial charge in [0.25, 0.3) is 0 Å². The zero-order chi connectivity index (χ0) is 18.6. The maximum absolute atomic E-state index is 11.5. The molecule has 0 spiro atoms. The van der Waals surface area contributed by atoms with Gasteiger partial charge in [0.15, 0.2) is 5.78 Å². The minimum Gasteiger partial charge on any atom is -0.293 e. The molecule has 0 aliphatic carbocycles. The van der Waals surface area contributed by atoms with Crippen LogP contribution in [-0.2, 0) is 9.59 Å². The molecule has 0 saturated carbocycles. The molecule has 10 heteroatoms. The molecule has 0 unspecified atom stereocenters. The number of alkyl halides is 6. The van der Waals surface area contributed by atoms with Crippen LogP contribution in [-0.4, -0.2) is 29.7 Å². The Balaban J connectivity index is 0.000000422. The second-order valence-electron chi connectivity index (χ2n) is 5.21. The van der Waals surface area contributed by atoms with Crippen molar-refractivity contribution in [3.8, 4) is 0 Å². The third-order valence-corrected chi connectivity index (χ3v) is 3.02. The van der Waals surface area contributed by atoms with Crippen LogP contribution in [0.1, 0.15) is 30.4 Å². The summed E-state index contributed by atoms with van der Waals surface area (Å²) in [5.41, 5.74) is -0.245. The number of rotatable bonds is 2. The number of carbonyl (C=O) groups excluding carboxylic acids is 3. The van der Waals surface area contributed by atoms with Crippen molar-refractivity contribution < 1.29 is 40.7 Å². The van der Waals surface area contributed by atoms with Gasteiger partial charge in [0, 0.05) is 5.41 Å². The van der Waals surface area contributed by atoms with Gasteiger partial charge in [0.2, 0.25) is 0 Å². The fraction of sp³-hybridized carbons (Fsp3) is 0.462. The molecular weight excluding hydrogens is 350 g/mol. The topological polar surface area (TPSA) is 51.2 Å². The van der Waals surface area contributed by atoms with Gasteiger partial charge in [-0.1, -0.05) is 26.8 Å². The van der Waals surface area contributed by atoms with Crippen LogP contribution in [0.25, 0.3) is 0 Å². The molecule has 23 heavy (non-hydrogen) atoms. The van der Waals surface area contributed by atoms with Crippen molar-refractivity contribution >= 4 is 28.7 Å². The lowest BCUT2D eigenvalue weighted by molar-refractivity contribution is -0.193. The number of hydrogen-bond acceptors (Lipinski definition) is 4. The molecule has 1 aromatic heterocycles. The van der Waals surface area contributed by atoms with Crippen LogP contribution in [0.4, 0.5) is 26.3 Å². The summed E-state index contributed by atoms with van der Waals surface area (Å²) < 4.78 is 67.0. The lowest BCUT2D eigenvalue weighted by Crippen LogP contribution is -2.39. The van der Waals surface area contributed by atoms with Crippen LogP contribution in [0.15, 0.2) is 17.5 Å². The van der Waals surface area contributed by atoms with Crippen molar-refractivity contribution in [1.82, 2.24) is 0 Å². The van der Waals surface area contributed by atoms with Crippen molar-refractivity contribution in [2.75, 3.05) is 0 Å². The molecule has 0 aliphatic rings. The molecule has 0 fully saturated rings. The number of carbonyl (C=O) groups is 3. The highest BCUT2D eigenvalue weighted by molar-refractivity contribution is 7.12. The summed E-state index contributed by atoms with van der Waals surface area (Å²) in [4.78, 5) is 31.6. The summed E-state index contributed by atoms with van der Waals surface area (Å²) in [6.45, 7) is 5.82. The van der Waals surface area contributed by atoms with E-state index in [1.54, 1.807) is 0 Å². The van der Waals surface area contributed by atoms with E-state index in [9.17, 15) is 40.7 Å². The molecule has 130 valence electrons. The van der Waals surface area contributed by atoms with E-state index in [0.29, 0.717) is 0 Å². The van der Waals surface area contributed by atoms with E-state index in [0.717, 1.165) is 4.88 Å². The Morgan fingerprint density at radius 3 is 1.48 bits per heavy atom. The first-order chi connectivity index (χ1) is 10.1. The van der Waals surface area contributed by atoms with Crippen molar-refractivity contribution in [2.24, 2.45) is 5.41 Å². The van der Waals surface area contributed by atoms with E-state index in [1.165, 1.54) is 11.3 Å². The van der Waals surface area contributed by atoms with Gasteiger partial charge in [-0.15, -0.1) is 11.3 Å². The molecule has 0 N–H and O–H groups in total. The maximum atomic E-state index is 11.5. The first-order valence-electron chi connectivity index (χ1n) is 5.89. The Bertz CT molecular complexity index is 540. The molecular formula is C13H12F6O3S. The third kappa shape index (κ3) is 6.93. The molecule has 0 atom stereocenters. The zero-order valence-electron chi connectivity index (χ0n) is 12.1. The fourth-order valence-electron chi connectivity index (χ4n) is 1.03. The lowest BCUT2D eigenvalue weighted by Gasteiger charge is -2.14. The molecule has 1 heterocycles. The smallest absolute Gasteiger partial charge is 0.293 e. The zero-order valence-corrected chi connectivity index (χ0v) is 12.9. The molecule has 0 aliphatic heterocycles. The molecule has 0 amide bonds. The first kappa shape index (κ1) is 21.3. The van der Waals surface area contributed by atoms with Crippen molar-refractivity contribution in [3.05, 3.63) is 22.4 Å².